The fraction of sp³-hybridized carbons (Fsp3) is 0.421. The van der Waals surface area contributed by atoms with Crippen LogP contribution in [0, 0.1) is 0 Å². The molecule has 2 aliphatic rings. The van der Waals surface area contributed by atoms with Crippen LogP contribution in [-0.4, -0.2) is 34.2 Å². The first-order valence-electron chi connectivity index (χ1n) is 8.82. The maximum atomic E-state index is 12.7. The average Bonchev–Trinajstić information content (AvgIpc) is 3.23. The Labute approximate surface area is 151 Å². The molecule has 4 rings (SSSR count). The molecular formula is C19H21N3O2S. The number of aromatic nitrogens is 1. The molecule has 0 bridgehead atoms. The van der Waals surface area contributed by atoms with Crippen LogP contribution in [0.2, 0.25) is 0 Å². The second kappa shape index (κ2) is 7.06. The molecule has 25 heavy (non-hydrogen) atoms. The Morgan fingerprint density at radius 2 is 2.08 bits per heavy atom. The number of hydrogen-bond donors (Lipinski definition) is 1. The number of carbonyl (C=O) groups is 2. The largest absolute Gasteiger partial charge is 0.301 e. The Morgan fingerprint density at radius 3 is 2.88 bits per heavy atom. The van der Waals surface area contributed by atoms with Crippen molar-refractivity contribution in [3.8, 4) is 0 Å². The van der Waals surface area contributed by atoms with Gasteiger partial charge in [0.05, 0.1) is 16.6 Å². The molecule has 0 radical (unpaired) electrons. The molecular weight excluding hydrogens is 334 g/mol. The number of nitrogens with zero attached hydrogens (tertiary/aromatic N) is 2. The van der Waals surface area contributed by atoms with Gasteiger partial charge in [-0.3, -0.25) is 14.5 Å². The zero-order chi connectivity index (χ0) is 17.2. The lowest BCUT2D eigenvalue weighted by Gasteiger charge is -2.23. The molecule has 1 aliphatic heterocycles. The molecule has 1 N–H and O–H groups in total. The fourth-order valence-electron chi connectivity index (χ4n) is 3.64. The minimum Gasteiger partial charge on any atom is -0.301 e. The first-order valence-corrected chi connectivity index (χ1v) is 9.64. The minimum atomic E-state index is -0.128. The predicted octanol–water partition coefficient (Wildman–Crippen LogP) is 3.27. The molecule has 0 saturated carbocycles. The second-order valence-electron chi connectivity index (χ2n) is 6.67. The van der Waals surface area contributed by atoms with Crippen molar-refractivity contribution in [3.63, 3.8) is 0 Å². The van der Waals surface area contributed by atoms with Gasteiger partial charge in [0.15, 0.2) is 10.9 Å². The number of hydrogen-bond acceptors (Lipinski definition) is 5. The fourth-order valence-corrected chi connectivity index (χ4v) is 4.62. The monoisotopic (exact) mass is 355 g/mol. The van der Waals surface area contributed by atoms with E-state index in [2.05, 4.69) is 27.3 Å². The van der Waals surface area contributed by atoms with E-state index < -0.39 is 0 Å². The highest BCUT2D eigenvalue weighted by molar-refractivity contribution is 7.17. The Bertz CT molecular complexity index is 787. The van der Waals surface area contributed by atoms with E-state index in [1.54, 1.807) is 0 Å². The number of nitrogens with one attached hydrogen (secondary N) is 1. The summed E-state index contributed by atoms with van der Waals surface area (Å²) in [7, 11) is 0. The molecule has 6 heteroatoms. The number of carbonyl (C=O) groups excluding carboxylic acids is 2. The molecule has 5 nitrogen and oxygen atoms in total. The number of likely N-dealkylation sites (tertiary alicyclic amines) is 1. The number of fused-ring (bicyclic) bond motifs is 1. The summed E-state index contributed by atoms with van der Waals surface area (Å²) >= 11 is 1.32. The zero-order valence-electron chi connectivity index (χ0n) is 14.0. The van der Waals surface area contributed by atoms with Crippen LogP contribution in [0.1, 0.15) is 46.6 Å². The van der Waals surface area contributed by atoms with E-state index in [-0.39, 0.29) is 17.7 Å². The number of rotatable bonds is 4. The Hall–Kier alpha value is -2.05. The van der Waals surface area contributed by atoms with E-state index in [9.17, 15) is 9.59 Å². The summed E-state index contributed by atoms with van der Waals surface area (Å²) in [6, 6.07) is 10.1. The van der Waals surface area contributed by atoms with Gasteiger partial charge in [-0.25, -0.2) is 4.98 Å². The molecule has 1 fully saturated rings. The van der Waals surface area contributed by atoms with Gasteiger partial charge in [-0.15, -0.1) is 0 Å². The lowest BCUT2D eigenvalue weighted by atomic mass is 10.0. The van der Waals surface area contributed by atoms with E-state index in [0.29, 0.717) is 11.6 Å². The summed E-state index contributed by atoms with van der Waals surface area (Å²) in [6.07, 6.45) is 4.17. The standard InChI is InChI=1S/C19H21N3O2S/c23-16-10-4-8-14-17(16)25-19(20-14)21-18(24)15-9-5-11-22(15)12-13-6-2-1-3-7-13/h1-3,6-7,15H,4-5,8-12H2,(H,20,21,24). The maximum absolute atomic E-state index is 12.7. The van der Waals surface area contributed by atoms with Gasteiger partial charge in [-0.1, -0.05) is 41.7 Å². The molecule has 0 spiro atoms. The smallest absolute Gasteiger partial charge is 0.243 e. The number of thiazole rings is 1. The molecule has 2 aromatic rings. The van der Waals surface area contributed by atoms with Crippen molar-refractivity contribution in [1.29, 1.82) is 0 Å². The highest BCUT2D eigenvalue weighted by Crippen LogP contribution is 2.30. The van der Waals surface area contributed by atoms with Gasteiger partial charge in [0.2, 0.25) is 5.91 Å². The van der Waals surface area contributed by atoms with Gasteiger partial charge in [-0.2, -0.15) is 0 Å². The van der Waals surface area contributed by atoms with Crippen molar-refractivity contribution >= 4 is 28.2 Å². The molecule has 1 aromatic carbocycles. The molecule has 1 saturated heterocycles. The Kier molecular flexibility index (Phi) is 4.63. The summed E-state index contributed by atoms with van der Waals surface area (Å²) in [6.45, 7) is 1.71. The number of anilines is 1. The van der Waals surface area contributed by atoms with Gasteiger partial charge in [-0.05, 0) is 37.8 Å². The normalized spacial score (nSPS) is 20.5. The number of aryl methyl sites for hydroxylation is 1. The lowest BCUT2D eigenvalue weighted by Crippen LogP contribution is -2.39. The summed E-state index contributed by atoms with van der Waals surface area (Å²) in [4.78, 5) is 32.1. The van der Waals surface area contributed by atoms with E-state index in [1.165, 1.54) is 16.9 Å². The van der Waals surface area contributed by atoms with Crippen molar-refractivity contribution in [1.82, 2.24) is 9.88 Å². The zero-order valence-corrected chi connectivity index (χ0v) is 14.8. The molecule has 2 heterocycles. The summed E-state index contributed by atoms with van der Waals surface area (Å²) in [5.74, 6) is 0.151. The summed E-state index contributed by atoms with van der Waals surface area (Å²) in [5.41, 5.74) is 2.07. The highest BCUT2D eigenvalue weighted by Gasteiger charge is 2.31. The molecule has 1 aromatic heterocycles. The molecule has 1 atom stereocenters. The Morgan fingerprint density at radius 1 is 1.24 bits per heavy atom. The van der Waals surface area contributed by atoms with Crippen LogP contribution in [0.4, 0.5) is 5.13 Å². The third-order valence-electron chi connectivity index (χ3n) is 4.89. The SMILES string of the molecule is O=C1CCCc2nc(NC(=O)C3CCCN3Cc3ccccc3)sc21. The van der Waals surface area contributed by atoms with Crippen LogP contribution < -0.4 is 5.32 Å². The van der Waals surface area contributed by atoms with Crippen molar-refractivity contribution in [2.24, 2.45) is 0 Å². The van der Waals surface area contributed by atoms with Gasteiger partial charge in [0.25, 0.3) is 0 Å². The van der Waals surface area contributed by atoms with Crippen LogP contribution in [0.5, 0.6) is 0 Å². The van der Waals surface area contributed by atoms with Gasteiger partial charge >= 0.3 is 0 Å². The van der Waals surface area contributed by atoms with Gasteiger partial charge in [0, 0.05) is 13.0 Å². The van der Waals surface area contributed by atoms with Crippen molar-refractivity contribution < 1.29 is 9.59 Å². The van der Waals surface area contributed by atoms with Gasteiger partial charge in [0.1, 0.15) is 0 Å². The summed E-state index contributed by atoms with van der Waals surface area (Å²) < 4.78 is 0. The second-order valence-corrected chi connectivity index (χ2v) is 7.67. The highest BCUT2D eigenvalue weighted by atomic mass is 32.1. The number of benzene rings is 1. The molecule has 1 amide bonds. The molecule has 1 unspecified atom stereocenters. The van der Waals surface area contributed by atoms with E-state index in [4.69, 9.17) is 0 Å². The first-order chi connectivity index (χ1) is 12.2. The van der Waals surface area contributed by atoms with Gasteiger partial charge < -0.3 is 5.32 Å². The topological polar surface area (TPSA) is 62.3 Å². The van der Waals surface area contributed by atoms with Crippen molar-refractivity contribution in [2.45, 2.75) is 44.7 Å². The number of ketones is 1. The van der Waals surface area contributed by atoms with Crippen molar-refractivity contribution in [3.05, 3.63) is 46.5 Å². The Balaban J connectivity index is 1.44. The van der Waals surface area contributed by atoms with Crippen LogP contribution in [0.25, 0.3) is 0 Å². The third-order valence-corrected chi connectivity index (χ3v) is 5.95. The van der Waals surface area contributed by atoms with E-state index in [1.807, 2.05) is 18.2 Å². The lowest BCUT2D eigenvalue weighted by molar-refractivity contribution is -0.120. The van der Waals surface area contributed by atoms with Crippen molar-refractivity contribution in [2.75, 3.05) is 11.9 Å². The average molecular weight is 355 g/mol. The summed E-state index contributed by atoms with van der Waals surface area (Å²) in [5, 5.41) is 3.52. The van der Waals surface area contributed by atoms with E-state index >= 15 is 0 Å². The van der Waals surface area contributed by atoms with Crippen LogP contribution >= 0.6 is 11.3 Å². The van der Waals surface area contributed by atoms with Crippen LogP contribution in [0.15, 0.2) is 30.3 Å². The van der Waals surface area contributed by atoms with Crippen LogP contribution in [0.3, 0.4) is 0 Å². The molecule has 1 aliphatic carbocycles. The quantitative estimate of drug-likeness (QED) is 0.914. The first kappa shape index (κ1) is 16.4. The third kappa shape index (κ3) is 3.50. The molecule has 130 valence electrons. The number of amides is 1. The maximum Gasteiger partial charge on any atom is 0.243 e. The number of Topliss-reactive ketones (excluding diaryl/α,β-unsaturated/α-hetero) is 1. The predicted molar refractivity (Wildman–Crippen MR) is 97.9 cm³/mol. The minimum absolute atomic E-state index is 0.00743. The van der Waals surface area contributed by atoms with Crippen LogP contribution in [-0.2, 0) is 17.8 Å². The van der Waals surface area contributed by atoms with E-state index in [0.717, 1.165) is 49.3 Å².